The Kier molecular flexibility index (Phi) is 2.64. The summed E-state index contributed by atoms with van der Waals surface area (Å²) in [7, 11) is 0. The van der Waals surface area contributed by atoms with Crippen molar-refractivity contribution in [2.75, 3.05) is 0 Å². The Labute approximate surface area is 138 Å². The van der Waals surface area contributed by atoms with Crippen LogP contribution in [0.3, 0.4) is 0 Å². The lowest BCUT2D eigenvalue weighted by Crippen LogP contribution is -2.18. The van der Waals surface area contributed by atoms with Crippen molar-refractivity contribution < 1.29 is 0 Å². The van der Waals surface area contributed by atoms with Crippen LogP contribution in [-0.2, 0) is 13.0 Å². The minimum atomic E-state index is 0.737. The minimum Gasteiger partial charge on any atom is -0.280 e. The van der Waals surface area contributed by atoms with Crippen LogP contribution in [0, 0.1) is 0 Å². The van der Waals surface area contributed by atoms with Crippen LogP contribution >= 0.6 is 11.6 Å². The highest BCUT2D eigenvalue weighted by Gasteiger charge is 2.22. The Hall–Kier alpha value is -2.59. The highest BCUT2D eigenvalue weighted by molar-refractivity contribution is 6.30. The van der Waals surface area contributed by atoms with E-state index in [1.807, 2.05) is 36.4 Å². The normalized spacial score (nSPS) is 13.1. The van der Waals surface area contributed by atoms with E-state index in [2.05, 4.69) is 27.4 Å². The van der Waals surface area contributed by atoms with Crippen LogP contribution in [-0.4, -0.2) is 19.3 Å². The molecule has 0 saturated heterocycles. The molecule has 1 aliphatic heterocycles. The second-order valence-corrected chi connectivity index (χ2v) is 6.16. The number of hydrogen-bond acceptors (Lipinski definition) is 2. The molecule has 5 rings (SSSR count). The van der Waals surface area contributed by atoms with Crippen LogP contribution in [0.1, 0.15) is 5.82 Å². The van der Waals surface area contributed by atoms with Gasteiger partial charge in [0, 0.05) is 23.1 Å². The summed E-state index contributed by atoms with van der Waals surface area (Å²) in [5.74, 6) is 2.17. The van der Waals surface area contributed by atoms with E-state index >= 15 is 0 Å². The van der Waals surface area contributed by atoms with E-state index in [9.17, 15) is 0 Å². The number of para-hydroxylation sites is 2. The van der Waals surface area contributed by atoms with E-state index in [4.69, 9.17) is 21.7 Å². The third kappa shape index (κ3) is 1.92. The molecular formula is C18H13ClN4. The molecule has 0 amide bonds. The number of aryl methyl sites for hydroxylation is 2. The molecule has 23 heavy (non-hydrogen) atoms. The quantitative estimate of drug-likeness (QED) is 0.529. The monoisotopic (exact) mass is 320 g/mol. The van der Waals surface area contributed by atoms with Gasteiger partial charge in [-0.3, -0.25) is 4.57 Å². The summed E-state index contributed by atoms with van der Waals surface area (Å²) in [6, 6.07) is 18.2. The Morgan fingerprint density at radius 2 is 1.83 bits per heavy atom. The molecule has 0 saturated carbocycles. The largest absolute Gasteiger partial charge is 0.280 e. The first kappa shape index (κ1) is 12.9. The second-order valence-electron chi connectivity index (χ2n) is 5.72. The first-order valence-corrected chi connectivity index (χ1v) is 7.98. The van der Waals surface area contributed by atoms with Gasteiger partial charge in [0.1, 0.15) is 11.6 Å². The standard InChI is InChI=1S/C18H13ClN4/c19-13-7-5-12(6-8-13)15-11-18-22(21-15)10-9-17-20-14-3-1-2-4-16(14)23(17)18/h1-8,11H,9-10H2. The smallest absolute Gasteiger partial charge is 0.137 e. The van der Waals surface area contributed by atoms with Crippen molar-refractivity contribution in [3.8, 4) is 17.1 Å². The molecule has 4 aromatic rings. The zero-order valence-corrected chi connectivity index (χ0v) is 13.0. The Bertz CT molecular complexity index is 1030. The number of imidazole rings is 1. The lowest BCUT2D eigenvalue weighted by Gasteiger charge is -2.16. The fraction of sp³-hybridized carbons (Fsp3) is 0.111. The minimum absolute atomic E-state index is 0.737. The van der Waals surface area contributed by atoms with E-state index in [0.29, 0.717) is 0 Å². The molecule has 112 valence electrons. The predicted octanol–water partition coefficient (Wildman–Crippen LogP) is 4.10. The van der Waals surface area contributed by atoms with Gasteiger partial charge >= 0.3 is 0 Å². The predicted molar refractivity (Wildman–Crippen MR) is 91.0 cm³/mol. The zero-order chi connectivity index (χ0) is 15.4. The van der Waals surface area contributed by atoms with Gasteiger partial charge in [-0.2, -0.15) is 5.10 Å². The summed E-state index contributed by atoms with van der Waals surface area (Å²) in [4.78, 5) is 4.75. The third-order valence-corrected chi connectivity index (χ3v) is 4.56. The average molecular weight is 321 g/mol. The van der Waals surface area contributed by atoms with E-state index in [1.54, 1.807) is 0 Å². The Morgan fingerprint density at radius 1 is 1.00 bits per heavy atom. The summed E-state index contributed by atoms with van der Waals surface area (Å²) in [6.45, 7) is 0.853. The van der Waals surface area contributed by atoms with Crippen LogP contribution in [0.25, 0.3) is 28.1 Å². The van der Waals surface area contributed by atoms with Crippen molar-refractivity contribution in [2.45, 2.75) is 13.0 Å². The maximum atomic E-state index is 5.98. The molecular weight excluding hydrogens is 308 g/mol. The molecule has 1 aliphatic rings. The molecule has 3 heterocycles. The summed E-state index contributed by atoms with van der Waals surface area (Å²) in [6.07, 6.45) is 0.892. The Balaban J connectivity index is 1.72. The molecule has 0 aliphatic carbocycles. The molecule has 0 atom stereocenters. The maximum Gasteiger partial charge on any atom is 0.137 e. The molecule has 0 fully saturated rings. The molecule has 0 spiro atoms. The van der Waals surface area contributed by atoms with Gasteiger partial charge in [-0.05, 0) is 24.3 Å². The summed E-state index contributed by atoms with van der Waals surface area (Å²) in [5, 5.41) is 5.50. The highest BCUT2D eigenvalue weighted by Crippen LogP contribution is 2.29. The van der Waals surface area contributed by atoms with Crippen molar-refractivity contribution in [1.82, 2.24) is 19.3 Å². The van der Waals surface area contributed by atoms with E-state index in [1.165, 1.54) is 0 Å². The van der Waals surface area contributed by atoms with Crippen LogP contribution in [0.5, 0.6) is 0 Å². The first-order chi connectivity index (χ1) is 11.3. The van der Waals surface area contributed by atoms with Gasteiger partial charge in [-0.1, -0.05) is 35.9 Å². The molecule has 2 aromatic carbocycles. The number of hydrogen-bond donors (Lipinski definition) is 0. The van der Waals surface area contributed by atoms with Crippen molar-refractivity contribution in [3.63, 3.8) is 0 Å². The number of fused-ring (bicyclic) bond motifs is 5. The van der Waals surface area contributed by atoms with E-state index in [0.717, 1.165) is 51.9 Å². The number of halogens is 1. The molecule has 2 aromatic heterocycles. The fourth-order valence-corrected chi connectivity index (χ4v) is 3.34. The molecule has 0 radical (unpaired) electrons. The molecule has 0 bridgehead atoms. The number of aromatic nitrogens is 4. The maximum absolute atomic E-state index is 5.98. The van der Waals surface area contributed by atoms with Crippen LogP contribution in [0.15, 0.2) is 54.6 Å². The van der Waals surface area contributed by atoms with E-state index < -0.39 is 0 Å². The van der Waals surface area contributed by atoms with Crippen LogP contribution < -0.4 is 0 Å². The molecule has 4 nitrogen and oxygen atoms in total. The second kappa shape index (κ2) is 4.70. The van der Waals surface area contributed by atoms with Gasteiger partial charge in [-0.15, -0.1) is 0 Å². The van der Waals surface area contributed by atoms with Crippen molar-refractivity contribution in [1.29, 1.82) is 0 Å². The van der Waals surface area contributed by atoms with Gasteiger partial charge < -0.3 is 0 Å². The van der Waals surface area contributed by atoms with E-state index in [-0.39, 0.29) is 0 Å². The molecule has 0 N–H and O–H groups in total. The fourth-order valence-electron chi connectivity index (χ4n) is 3.22. The lowest BCUT2D eigenvalue weighted by atomic mass is 10.1. The van der Waals surface area contributed by atoms with Gasteiger partial charge in [-0.25, -0.2) is 9.67 Å². The number of benzene rings is 2. The van der Waals surface area contributed by atoms with Crippen molar-refractivity contribution >= 4 is 22.6 Å². The SMILES string of the molecule is Clc1ccc(-c2cc3n(n2)CCc2nc4ccccc4n2-3)cc1. The first-order valence-electron chi connectivity index (χ1n) is 7.60. The molecule has 0 unspecified atom stereocenters. The van der Waals surface area contributed by atoms with Crippen LogP contribution in [0.4, 0.5) is 0 Å². The number of nitrogens with zero attached hydrogens (tertiary/aromatic N) is 4. The highest BCUT2D eigenvalue weighted by atomic mass is 35.5. The Morgan fingerprint density at radius 3 is 2.70 bits per heavy atom. The third-order valence-electron chi connectivity index (χ3n) is 4.31. The van der Waals surface area contributed by atoms with Crippen molar-refractivity contribution in [3.05, 3.63) is 65.4 Å². The topological polar surface area (TPSA) is 35.6 Å². The van der Waals surface area contributed by atoms with Crippen molar-refractivity contribution in [2.24, 2.45) is 0 Å². The number of rotatable bonds is 1. The zero-order valence-electron chi connectivity index (χ0n) is 12.3. The van der Waals surface area contributed by atoms with Gasteiger partial charge in [0.05, 0.1) is 23.3 Å². The summed E-state index contributed by atoms with van der Waals surface area (Å²) < 4.78 is 4.27. The summed E-state index contributed by atoms with van der Waals surface area (Å²) in [5.41, 5.74) is 4.20. The van der Waals surface area contributed by atoms with Gasteiger partial charge in [0.25, 0.3) is 0 Å². The van der Waals surface area contributed by atoms with Crippen LogP contribution in [0.2, 0.25) is 5.02 Å². The van der Waals surface area contributed by atoms with Gasteiger partial charge in [0.15, 0.2) is 0 Å². The lowest BCUT2D eigenvalue weighted by molar-refractivity contribution is 0.549. The van der Waals surface area contributed by atoms with Gasteiger partial charge in [0.2, 0.25) is 0 Å². The average Bonchev–Trinajstić information content (AvgIpc) is 3.16. The molecule has 5 heteroatoms. The summed E-state index contributed by atoms with van der Waals surface area (Å²) >= 11 is 5.98.